The van der Waals surface area contributed by atoms with Crippen molar-refractivity contribution in [3.63, 3.8) is 0 Å². The van der Waals surface area contributed by atoms with Gasteiger partial charge in [0.05, 0.1) is 11.4 Å². The average Bonchev–Trinajstić information content (AvgIpc) is 3.94. The van der Waals surface area contributed by atoms with Gasteiger partial charge in [0.2, 0.25) is 0 Å². The summed E-state index contributed by atoms with van der Waals surface area (Å²) in [6.07, 6.45) is 14.1. The predicted molar refractivity (Wildman–Crippen MR) is 263 cm³/mol. The van der Waals surface area contributed by atoms with Gasteiger partial charge in [0.15, 0.2) is 5.82 Å². The topological polar surface area (TPSA) is 38.9 Å². The molecule has 9 aromatic rings. The van der Waals surface area contributed by atoms with Gasteiger partial charge in [-0.1, -0.05) is 167 Å². The Hall–Kier alpha value is -7.10. The summed E-state index contributed by atoms with van der Waals surface area (Å²) in [6, 6.07) is 58.0. The molecule has 1 unspecified atom stereocenters. The minimum Gasteiger partial charge on any atom is -0.455 e. The highest BCUT2D eigenvalue weighted by Gasteiger charge is 2.46. The lowest BCUT2D eigenvalue weighted by Gasteiger charge is -2.36. The minimum absolute atomic E-state index is 0.0411. The van der Waals surface area contributed by atoms with E-state index in [0.29, 0.717) is 0 Å². The van der Waals surface area contributed by atoms with E-state index in [1.807, 2.05) is 6.07 Å². The SMILES string of the molecule is CC1(C)c2ccccc2-c2cc3c(cc21)-c1cc(-c2ccc4oc5c(-c6cc(C7C=CC(c8ccccc8)=CC7)nc(-c7ccccc7)n6)cccc5c4c2)ccc1C31CCCCC1. The molecule has 0 amide bonds. The molecule has 0 saturated heterocycles. The van der Waals surface area contributed by atoms with Crippen LogP contribution >= 0.6 is 0 Å². The van der Waals surface area contributed by atoms with Crippen molar-refractivity contribution in [2.24, 2.45) is 0 Å². The number of aromatic nitrogens is 2. The van der Waals surface area contributed by atoms with E-state index in [0.717, 1.165) is 56.7 Å². The van der Waals surface area contributed by atoms with Crippen molar-refractivity contribution in [1.29, 1.82) is 0 Å². The van der Waals surface area contributed by atoms with Crippen LogP contribution in [0.1, 0.15) is 91.8 Å². The molecule has 1 atom stereocenters. The largest absolute Gasteiger partial charge is 0.455 e. The molecule has 1 saturated carbocycles. The quantitative estimate of drug-likeness (QED) is 0.174. The van der Waals surface area contributed by atoms with E-state index in [2.05, 4.69) is 184 Å². The molecular formula is C61H48N2O. The van der Waals surface area contributed by atoms with Gasteiger partial charge in [-0.2, -0.15) is 0 Å². The Balaban J connectivity index is 0.906. The summed E-state index contributed by atoms with van der Waals surface area (Å²) >= 11 is 0. The smallest absolute Gasteiger partial charge is 0.160 e. The van der Waals surface area contributed by atoms with Gasteiger partial charge < -0.3 is 4.42 Å². The maximum absolute atomic E-state index is 6.82. The third-order valence-corrected chi connectivity index (χ3v) is 15.2. The second-order valence-electron chi connectivity index (χ2n) is 19.1. The Kier molecular flexibility index (Phi) is 8.31. The zero-order chi connectivity index (χ0) is 42.6. The van der Waals surface area contributed by atoms with Crippen molar-refractivity contribution in [3.05, 3.63) is 209 Å². The Morgan fingerprint density at radius 1 is 0.516 bits per heavy atom. The van der Waals surface area contributed by atoms with Crippen molar-refractivity contribution in [2.45, 2.75) is 69.1 Å². The number of rotatable bonds is 5. The molecule has 0 N–H and O–H groups in total. The van der Waals surface area contributed by atoms with Gasteiger partial charge in [0.25, 0.3) is 0 Å². The van der Waals surface area contributed by atoms with Crippen LogP contribution in [-0.4, -0.2) is 9.97 Å². The molecule has 0 radical (unpaired) electrons. The summed E-state index contributed by atoms with van der Waals surface area (Å²) in [4.78, 5) is 10.4. The Labute approximate surface area is 374 Å². The van der Waals surface area contributed by atoms with Crippen molar-refractivity contribution in [2.75, 3.05) is 0 Å². The first kappa shape index (κ1) is 37.5. The van der Waals surface area contributed by atoms with Crippen molar-refractivity contribution in [3.8, 4) is 56.0 Å². The molecule has 4 aliphatic rings. The fraction of sp³-hybridized carbons (Fsp3) is 0.180. The number of allylic oxidation sites excluding steroid dienone is 4. The Morgan fingerprint density at radius 2 is 1.22 bits per heavy atom. The number of nitrogens with zero attached hydrogens (tertiary/aromatic N) is 2. The summed E-state index contributed by atoms with van der Waals surface area (Å²) in [5.41, 5.74) is 22.2. The maximum Gasteiger partial charge on any atom is 0.160 e. The third-order valence-electron chi connectivity index (χ3n) is 15.2. The predicted octanol–water partition coefficient (Wildman–Crippen LogP) is 16.0. The first-order valence-electron chi connectivity index (χ1n) is 23.2. The summed E-state index contributed by atoms with van der Waals surface area (Å²) < 4.78 is 6.82. The standard InChI is InChI=1S/C61H48N2O/c1-60(2)51-22-11-10-19-44(51)48-36-54-49(35-53(48)60)47-33-42(27-29-52(47)61(54)31-12-5-13-32-61)43-28-30-57-50(34-43)45-20-14-21-46(58(45)64-57)56-37-55(62-59(63-56)41-17-8-4-9-18-41)40-25-23-39(24-26-40)38-15-6-3-7-16-38/h3-4,6-11,14-25,27-30,33-37,40H,5,12-13,26,31-32H2,1-2H3. The second-order valence-corrected chi connectivity index (χ2v) is 19.1. The molecule has 308 valence electrons. The lowest BCUT2D eigenvalue weighted by molar-refractivity contribution is 0.353. The van der Waals surface area contributed by atoms with E-state index < -0.39 is 0 Å². The van der Waals surface area contributed by atoms with Gasteiger partial charge in [-0.3, -0.25) is 0 Å². The first-order chi connectivity index (χ1) is 31.4. The van der Waals surface area contributed by atoms with Crippen molar-refractivity contribution < 1.29 is 4.42 Å². The highest BCUT2D eigenvalue weighted by atomic mass is 16.3. The average molecular weight is 825 g/mol. The molecule has 3 heteroatoms. The summed E-state index contributed by atoms with van der Waals surface area (Å²) in [5.74, 6) is 0.853. The van der Waals surface area contributed by atoms with Gasteiger partial charge in [-0.05, 0) is 128 Å². The highest BCUT2D eigenvalue weighted by molar-refractivity contribution is 6.10. The van der Waals surface area contributed by atoms with E-state index in [1.54, 1.807) is 5.56 Å². The molecule has 2 heterocycles. The van der Waals surface area contributed by atoms with Gasteiger partial charge >= 0.3 is 0 Å². The van der Waals surface area contributed by atoms with Gasteiger partial charge in [0.1, 0.15) is 11.2 Å². The summed E-state index contributed by atoms with van der Waals surface area (Å²) in [7, 11) is 0. The molecule has 2 aromatic heterocycles. The molecule has 7 aromatic carbocycles. The number of hydrogen-bond donors (Lipinski definition) is 0. The third kappa shape index (κ3) is 5.66. The van der Waals surface area contributed by atoms with Crippen LogP contribution in [0.3, 0.4) is 0 Å². The van der Waals surface area contributed by atoms with Crippen LogP contribution in [0.4, 0.5) is 0 Å². The number of furan rings is 1. The zero-order valence-corrected chi connectivity index (χ0v) is 36.4. The molecule has 1 fully saturated rings. The van der Waals surface area contributed by atoms with Crippen LogP contribution in [0.2, 0.25) is 0 Å². The van der Waals surface area contributed by atoms with Crippen LogP contribution in [0.5, 0.6) is 0 Å². The first-order valence-corrected chi connectivity index (χ1v) is 23.2. The van der Waals surface area contributed by atoms with Crippen LogP contribution < -0.4 is 0 Å². The number of para-hydroxylation sites is 1. The highest BCUT2D eigenvalue weighted by Crippen LogP contribution is 2.60. The van der Waals surface area contributed by atoms with Crippen molar-refractivity contribution >= 4 is 27.5 Å². The van der Waals surface area contributed by atoms with E-state index in [-0.39, 0.29) is 16.7 Å². The fourth-order valence-electron chi connectivity index (χ4n) is 11.9. The monoisotopic (exact) mass is 824 g/mol. The molecule has 4 aliphatic carbocycles. The lowest BCUT2D eigenvalue weighted by atomic mass is 9.67. The number of hydrogen-bond acceptors (Lipinski definition) is 3. The second kappa shape index (κ2) is 14.2. The van der Waals surface area contributed by atoms with Crippen LogP contribution in [0.15, 0.2) is 180 Å². The molecular weight excluding hydrogens is 777 g/mol. The summed E-state index contributed by atoms with van der Waals surface area (Å²) in [5, 5.41) is 2.21. The molecule has 1 spiro atoms. The molecule has 0 bridgehead atoms. The van der Waals surface area contributed by atoms with E-state index in [4.69, 9.17) is 14.4 Å². The molecule has 3 nitrogen and oxygen atoms in total. The fourth-order valence-corrected chi connectivity index (χ4v) is 11.9. The normalized spacial score (nSPS) is 17.6. The van der Waals surface area contributed by atoms with Crippen molar-refractivity contribution in [1.82, 2.24) is 9.97 Å². The summed E-state index contributed by atoms with van der Waals surface area (Å²) in [6.45, 7) is 4.81. The number of fused-ring (bicyclic) bond motifs is 11. The number of benzene rings is 7. The van der Waals surface area contributed by atoms with E-state index >= 15 is 0 Å². The Bertz CT molecular complexity index is 3420. The van der Waals surface area contributed by atoms with E-state index in [1.165, 1.54) is 93.3 Å². The molecule has 64 heavy (non-hydrogen) atoms. The molecule has 0 aliphatic heterocycles. The van der Waals surface area contributed by atoms with Gasteiger partial charge in [0, 0.05) is 38.6 Å². The Morgan fingerprint density at radius 3 is 2.03 bits per heavy atom. The van der Waals surface area contributed by atoms with Crippen LogP contribution in [0, 0.1) is 0 Å². The molecule has 13 rings (SSSR count). The maximum atomic E-state index is 6.82. The zero-order valence-electron chi connectivity index (χ0n) is 36.4. The van der Waals surface area contributed by atoms with Gasteiger partial charge in [-0.25, -0.2) is 9.97 Å². The lowest BCUT2D eigenvalue weighted by Crippen LogP contribution is -2.28. The van der Waals surface area contributed by atoms with E-state index in [9.17, 15) is 0 Å². The van der Waals surface area contributed by atoms with Crippen LogP contribution in [0.25, 0.3) is 83.5 Å². The van der Waals surface area contributed by atoms with Gasteiger partial charge in [-0.15, -0.1) is 0 Å². The minimum atomic E-state index is -0.0411. The van der Waals surface area contributed by atoms with Crippen LogP contribution in [-0.2, 0) is 10.8 Å².